The minimum atomic E-state index is -0.774. The summed E-state index contributed by atoms with van der Waals surface area (Å²) in [6.07, 6.45) is 3.24. The van der Waals surface area contributed by atoms with E-state index in [0.717, 1.165) is 5.56 Å². The smallest absolute Gasteiger partial charge is 0.290 e. The van der Waals surface area contributed by atoms with Gasteiger partial charge >= 0.3 is 0 Å². The molecule has 0 fully saturated rings. The van der Waals surface area contributed by atoms with Crippen LogP contribution in [0.1, 0.15) is 37.9 Å². The van der Waals surface area contributed by atoms with Gasteiger partial charge in [-0.1, -0.05) is 32.9 Å². The lowest BCUT2D eigenvalue weighted by molar-refractivity contribution is -0.130. The summed E-state index contributed by atoms with van der Waals surface area (Å²) < 4.78 is 0. The highest BCUT2D eigenvalue weighted by Gasteiger charge is 2.45. The number of carbonyl (C=O) groups excluding carboxylic acids is 2. The predicted molar refractivity (Wildman–Crippen MR) is 99.8 cm³/mol. The van der Waals surface area contributed by atoms with Crippen molar-refractivity contribution in [2.75, 3.05) is 0 Å². The monoisotopic (exact) mass is 366 g/mol. The number of aliphatic hydroxyl groups excluding tert-OH is 1. The SMILES string of the molecule is CC(C)(C)C(=O)C1=C(O)C(=O)N(Cc2ccncc2)C1c1cccc(O)c1. The Hall–Kier alpha value is -3.15. The van der Waals surface area contributed by atoms with Crippen LogP contribution in [0.2, 0.25) is 0 Å². The van der Waals surface area contributed by atoms with Gasteiger partial charge in [-0.05, 0) is 35.4 Å². The number of rotatable bonds is 4. The van der Waals surface area contributed by atoms with E-state index in [-0.39, 0.29) is 23.7 Å². The van der Waals surface area contributed by atoms with Crippen LogP contribution in [-0.4, -0.2) is 31.8 Å². The molecule has 27 heavy (non-hydrogen) atoms. The fourth-order valence-corrected chi connectivity index (χ4v) is 3.18. The van der Waals surface area contributed by atoms with Gasteiger partial charge in [0.25, 0.3) is 5.91 Å². The molecule has 0 aliphatic carbocycles. The molecule has 0 saturated heterocycles. The predicted octanol–water partition coefficient (Wildman–Crippen LogP) is 3.30. The van der Waals surface area contributed by atoms with Crippen molar-refractivity contribution in [3.63, 3.8) is 0 Å². The van der Waals surface area contributed by atoms with Crippen LogP contribution >= 0.6 is 0 Å². The van der Waals surface area contributed by atoms with Gasteiger partial charge in [-0.15, -0.1) is 0 Å². The van der Waals surface area contributed by atoms with Crippen LogP contribution in [0.4, 0.5) is 0 Å². The van der Waals surface area contributed by atoms with E-state index in [4.69, 9.17) is 0 Å². The second-order valence-electron chi connectivity index (χ2n) is 7.63. The number of pyridine rings is 1. The average molecular weight is 366 g/mol. The molecule has 1 unspecified atom stereocenters. The topological polar surface area (TPSA) is 90.7 Å². The number of nitrogens with zero attached hydrogens (tertiary/aromatic N) is 2. The number of amides is 1. The zero-order chi connectivity index (χ0) is 19.8. The summed E-state index contributed by atoms with van der Waals surface area (Å²) >= 11 is 0. The Morgan fingerprint density at radius 2 is 1.81 bits per heavy atom. The number of hydrogen-bond acceptors (Lipinski definition) is 5. The number of aliphatic hydroxyl groups is 1. The Morgan fingerprint density at radius 1 is 1.15 bits per heavy atom. The van der Waals surface area contributed by atoms with Crippen LogP contribution in [0.15, 0.2) is 60.1 Å². The highest BCUT2D eigenvalue weighted by Crippen LogP contribution is 2.42. The van der Waals surface area contributed by atoms with Gasteiger partial charge in [0.1, 0.15) is 5.75 Å². The third-order valence-electron chi connectivity index (χ3n) is 4.52. The summed E-state index contributed by atoms with van der Waals surface area (Å²) in [6, 6.07) is 9.17. The molecule has 2 heterocycles. The van der Waals surface area contributed by atoms with Gasteiger partial charge in [0.2, 0.25) is 0 Å². The number of Topliss-reactive ketones (excluding diaryl/α,β-unsaturated/α-hetero) is 1. The van der Waals surface area contributed by atoms with Gasteiger partial charge in [0.15, 0.2) is 11.5 Å². The van der Waals surface area contributed by atoms with E-state index < -0.39 is 23.1 Å². The van der Waals surface area contributed by atoms with Crippen molar-refractivity contribution in [2.24, 2.45) is 5.41 Å². The molecular weight excluding hydrogens is 344 g/mol. The molecule has 0 bridgehead atoms. The number of hydrogen-bond donors (Lipinski definition) is 2. The second kappa shape index (κ2) is 6.87. The lowest BCUT2D eigenvalue weighted by Crippen LogP contribution is -2.32. The molecule has 6 nitrogen and oxygen atoms in total. The van der Waals surface area contributed by atoms with E-state index >= 15 is 0 Å². The summed E-state index contributed by atoms with van der Waals surface area (Å²) in [5.74, 6) is -1.42. The summed E-state index contributed by atoms with van der Waals surface area (Å²) in [4.78, 5) is 31.2. The van der Waals surface area contributed by atoms with Crippen LogP contribution in [0.3, 0.4) is 0 Å². The number of ketones is 1. The van der Waals surface area contributed by atoms with Crippen LogP contribution in [0.25, 0.3) is 0 Å². The Labute approximate surface area is 157 Å². The zero-order valence-electron chi connectivity index (χ0n) is 15.5. The average Bonchev–Trinajstić information content (AvgIpc) is 2.86. The van der Waals surface area contributed by atoms with Crippen molar-refractivity contribution < 1.29 is 19.8 Å². The first-order valence-corrected chi connectivity index (χ1v) is 8.67. The highest BCUT2D eigenvalue weighted by atomic mass is 16.3. The molecule has 1 aliphatic heterocycles. The van der Waals surface area contributed by atoms with E-state index in [1.165, 1.54) is 17.0 Å². The van der Waals surface area contributed by atoms with Gasteiger partial charge < -0.3 is 15.1 Å². The largest absolute Gasteiger partial charge is 0.508 e. The lowest BCUT2D eigenvalue weighted by atomic mass is 9.82. The van der Waals surface area contributed by atoms with Crippen molar-refractivity contribution in [3.8, 4) is 5.75 Å². The summed E-state index contributed by atoms with van der Waals surface area (Å²) in [5.41, 5.74) is 0.674. The Bertz CT molecular complexity index is 913. The van der Waals surface area contributed by atoms with Gasteiger partial charge in [0.05, 0.1) is 11.6 Å². The van der Waals surface area contributed by atoms with Crippen LogP contribution < -0.4 is 0 Å². The summed E-state index contributed by atoms with van der Waals surface area (Å²) in [5, 5.41) is 20.4. The zero-order valence-corrected chi connectivity index (χ0v) is 15.5. The highest BCUT2D eigenvalue weighted by molar-refractivity contribution is 6.10. The molecule has 0 radical (unpaired) electrons. The number of aromatic nitrogens is 1. The van der Waals surface area contributed by atoms with Crippen molar-refractivity contribution in [2.45, 2.75) is 33.4 Å². The molecule has 6 heteroatoms. The molecule has 1 aromatic carbocycles. The fourth-order valence-electron chi connectivity index (χ4n) is 3.18. The third-order valence-corrected chi connectivity index (χ3v) is 4.52. The molecule has 0 saturated carbocycles. The molecule has 1 aromatic heterocycles. The molecular formula is C21H22N2O4. The normalized spacial score (nSPS) is 17.5. The van der Waals surface area contributed by atoms with Crippen molar-refractivity contribution in [1.82, 2.24) is 9.88 Å². The Kier molecular flexibility index (Phi) is 4.74. The Balaban J connectivity index is 2.11. The maximum absolute atomic E-state index is 13.0. The van der Waals surface area contributed by atoms with E-state index in [1.807, 2.05) is 0 Å². The molecule has 0 spiro atoms. The minimum absolute atomic E-state index is 0.0257. The van der Waals surface area contributed by atoms with E-state index in [2.05, 4.69) is 4.98 Å². The van der Waals surface area contributed by atoms with Crippen LogP contribution in [0, 0.1) is 5.41 Å². The number of carbonyl (C=O) groups is 2. The summed E-state index contributed by atoms with van der Waals surface area (Å²) in [7, 11) is 0. The molecule has 1 atom stereocenters. The molecule has 1 aliphatic rings. The van der Waals surface area contributed by atoms with Crippen molar-refractivity contribution >= 4 is 11.7 Å². The number of phenolic OH excluding ortho intramolecular Hbond substituents is 1. The first-order chi connectivity index (χ1) is 12.7. The number of phenols is 1. The number of benzene rings is 1. The minimum Gasteiger partial charge on any atom is -0.508 e. The maximum atomic E-state index is 13.0. The van der Waals surface area contributed by atoms with E-state index in [1.54, 1.807) is 57.4 Å². The molecule has 2 aromatic rings. The molecule has 2 N–H and O–H groups in total. The van der Waals surface area contributed by atoms with Crippen molar-refractivity contribution in [3.05, 3.63) is 71.3 Å². The quantitative estimate of drug-likeness (QED) is 0.866. The van der Waals surface area contributed by atoms with E-state index in [0.29, 0.717) is 5.56 Å². The molecule has 1 amide bonds. The maximum Gasteiger partial charge on any atom is 0.290 e. The van der Waals surface area contributed by atoms with Crippen LogP contribution in [-0.2, 0) is 16.1 Å². The van der Waals surface area contributed by atoms with Gasteiger partial charge in [-0.2, -0.15) is 0 Å². The second-order valence-corrected chi connectivity index (χ2v) is 7.63. The van der Waals surface area contributed by atoms with E-state index in [9.17, 15) is 19.8 Å². The first kappa shape index (κ1) is 18.6. The van der Waals surface area contributed by atoms with Crippen molar-refractivity contribution in [1.29, 1.82) is 0 Å². The fraction of sp³-hybridized carbons (Fsp3) is 0.286. The lowest BCUT2D eigenvalue weighted by Gasteiger charge is -2.29. The van der Waals surface area contributed by atoms with Crippen LogP contribution in [0.5, 0.6) is 5.75 Å². The standard InChI is InChI=1S/C21H22N2O4/c1-21(2,3)19(26)16-17(14-5-4-6-15(24)11-14)23(20(27)18(16)25)12-13-7-9-22-10-8-13/h4-11,17,24-25H,12H2,1-3H3. The Morgan fingerprint density at radius 3 is 2.41 bits per heavy atom. The van der Waals surface area contributed by atoms with Gasteiger partial charge in [0, 0.05) is 24.4 Å². The number of aromatic hydroxyl groups is 1. The third kappa shape index (κ3) is 3.56. The molecule has 140 valence electrons. The van der Waals surface area contributed by atoms with Gasteiger partial charge in [-0.3, -0.25) is 14.6 Å². The first-order valence-electron chi connectivity index (χ1n) is 8.67. The summed E-state index contributed by atoms with van der Waals surface area (Å²) in [6.45, 7) is 5.42. The molecule has 3 rings (SSSR count). The van der Waals surface area contributed by atoms with Gasteiger partial charge in [-0.25, -0.2) is 0 Å².